The summed E-state index contributed by atoms with van der Waals surface area (Å²) in [6.07, 6.45) is 12.0. The SMILES string of the molecule is Cc1cc(-c2cnc(N)c(C(N)=O)c2)ccc1C(=O)N1CCC(N2CCCC2)CC1.Cc1ccc(COC2CCCC2)cc1C. The van der Waals surface area contributed by atoms with Gasteiger partial charge in [0.05, 0.1) is 18.3 Å². The predicted octanol–water partition coefficient (Wildman–Crippen LogP) is 6.20. The molecule has 0 atom stereocenters. The van der Waals surface area contributed by atoms with Crippen molar-refractivity contribution in [2.45, 2.75) is 90.9 Å². The van der Waals surface area contributed by atoms with Gasteiger partial charge in [-0.2, -0.15) is 0 Å². The van der Waals surface area contributed by atoms with Gasteiger partial charge in [-0.05, 0) is 112 Å². The Balaban J connectivity index is 0.000000223. The second-order valence-corrected chi connectivity index (χ2v) is 13.0. The maximum atomic E-state index is 13.1. The highest BCUT2D eigenvalue weighted by Crippen LogP contribution is 2.27. The summed E-state index contributed by atoms with van der Waals surface area (Å²) in [6.45, 7) is 11.1. The van der Waals surface area contributed by atoms with Crippen LogP contribution < -0.4 is 11.5 Å². The number of benzene rings is 2. The topological polar surface area (TPSA) is 115 Å². The van der Waals surface area contributed by atoms with Gasteiger partial charge >= 0.3 is 0 Å². The molecule has 2 aromatic carbocycles. The third kappa shape index (κ3) is 8.30. The van der Waals surface area contributed by atoms with Gasteiger partial charge in [0.1, 0.15) is 5.82 Å². The number of hydrogen-bond acceptors (Lipinski definition) is 6. The number of ether oxygens (including phenoxy) is 1. The predicted molar refractivity (Wildman–Crippen MR) is 180 cm³/mol. The molecule has 8 nitrogen and oxygen atoms in total. The highest BCUT2D eigenvalue weighted by atomic mass is 16.5. The summed E-state index contributed by atoms with van der Waals surface area (Å²) in [6, 6.07) is 14.6. The van der Waals surface area contributed by atoms with Crippen molar-refractivity contribution in [2.24, 2.45) is 5.73 Å². The van der Waals surface area contributed by atoms with E-state index in [2.05, 4.69) is 41.9 Å². The molecule has 1 saturated carbocycles. The minimum atomic E-state index is -0.609. The molecule has 2 saturated heterocycles. The molecule has 1 aliphatic carbocycles. The second kappa shape index (κ2) is 15.0. The summed E-state index contributed by atoms with van der Waals surface area (Å²) in [5, 5.41) is 0. The number of nitrogens with two attached hydrogens (primary N) is 2. The standard InChI is InChI=1S/C23H29N5O2.C14H20O/c1-15-12-16(17-13-20(22(25)29)21(24)26-14-17)4-5-19(15)23(30)28-10-6-18(7-11-28)27-8-2-3-9-27;1-11-7-8-13(9-12(11)2)10-15-14-5-3-4-6-14/h4-5,12-14,18H,2-3,6-11H2,1H3,(H2,24,26)(H2,25,29);7-9,14H,3-6,10H2,1-2H3. The van der Waals surface area contributed by atoms with Crippen LogP contribution in [0.2, 0.25) is 0 Å². The van der Waals surface area contributed by atoms with E-state index < -0.39 is 5.91 Å². The zero-order valence-corrected chi connectivity index (χ0v) is 27.2. The monoisotopic (exact) mass is 611 g/mol. The van der Waals surface area contributed by atoms with Crippen LogP contribution in [0.15, 0.2) is 48.7 Å². The molecule has 0 unspecified atom stereocenters. The molecule has 3 fully saturated rings. The molecule has 3 aromatic rings. The van der Waals surface area contributed by atoms with Gasteiger partial charge in [-0.15, -0.1) is 0 Å². The van der Waals surface area contributed by atoms with Crippen LogP contribution in [0.3, 0.4) is 0 Å². The molecule has 3 heterocycles. The first-order valence-corrected chi connectivity index (χ1v) is 16.6. The summed E-state index contributed by atoms with van der Waals surface area (Å²) in [4.78, 5) is 33.3. The van der Waals surface area contributed by atoms with E-state index in [1.165, 1.54) is 68.3 Å². The number of anilines is 1. The molecule has 0 spiro atoms. The molecule has 0 radical (unpaired) electrons. The molecule has 2 amide bonds. The maximum absolute atomic E-state index is 13.1. The Morgan fingerprint density at radius 2 is 1.51 bits per heavy atom. The van der Waals surface area contributed by atoms with E-state index >= 15 is 0 Å². The Labute approximate surface area is 268 Å². The van der Waals surface area contributed by atoms with Crippen molar-refractivity contribution >= 4 is 17.6 Å². The third-order valence-corrected chi connectivity index (χ3v) is 9.74. The quantitative estimate of drug-likeness (QED) is 0.329. The first kappa shape index (κ1) is 32.6. The van der Waals surface area contributed by atoms with Crippen molar-refractivity contribution in [3.05, 3.63) is 82.0 Å². The molecule has 0 bridgehead atoms. The van der Waals surface area contributed by atoms with E-state index in [9.17, 15) is 9.59 Å². The number of rotatable bonds is 7. The highest BCUT2D eigenvalue weighted by molar-refractivity contribution is 5.99. The number of aromatic nitrogens is 1. The first-order chi connectivity index (χ1) is 21.7. The fraction of sp³-hybridized carbons (Fsp3) is 0.486. The normalized spacial score (nSPS) is 17.7. The maximum Gasteiger partial charge on any atom is 0.254 e. The third-order valence-electron chi connectivity index (χ3n) is 9.74. The number of carbonyl (C=O) groups excluding carboxylic acids is 2. The lowest BCUT2D eigenvalue weighted by atomic mass is 9.97. The van der Waals surface area contributed by atoms with Crippen molar-refractivity contribution in [1.29, 1.82) is 0 Å². The summed E-state index contributed by atoms with van der Waals surface area (Å²) in [5.41, 5.74) is 18.6. The Morgan fingerprint density at radius 3 is 2.16 bits per heavy atom. The fourth-order valence-corrected chi connectivity index (χ4v) is 6.79. The molecule has 240 valence electrons. The lowest BCUT2D eigenvalue weighted by Crippen LogP contribution is -2.46. The average Bonchev–Trinajstić information content (AvgIpc) is 3.77. The number of amides is 2. The molecule has 1 aromatic heterocycles. The van der Waals surface area contributed by atoms with E-state index in [-0.39, 0.29) is 17.3 Å². The second-order valence-electron chi connectivity index (χ2n) is 13.0. The van der Waals surface area contributed by atoms with Gasteiger partial charge in [0.25, 0.3) is 11.8 Å². The Kier molecular flexibility index (Phi) is 10.9. The van der Waals surface area contributed by atoms with Gasteiger partial charge < -0.3 is 26.0 Å². The van der Waals surface area contributed by atoms with Gasteiger partial charge in [0, 0.05) is 36.5 Å². The summed E-state index contributed by atoms with van der Waals surface area (Å²) >= 11 is 0. The molecule has 6 rings (SSSR count). The first-order valence-electron chi connectivity index (χ1n) is 16.6. The van der Waals surface area contributed by atoms with E-state index in [1.54, 1.807) is 12.3 Å². The molecular formula is C37H49N5O3. The molecular weight excluding hydrogens is 562 g/mol. The molecule has 3 aliphatic rings. The molecule has 45 heavy (non-hydrogen) atoms. The Hall–Kier alpha value is -3.75. The van der Waals surface area contributed by atoms with E-state index in [0.29, 0.717) is 12.1 Å². The smallest absolute Gasteiger partial charge is 0.254 e. The number of carbonyl (C=O) groups is 2. The van der Waals surface area contributed by atoms with Crippen LogP contribution in [-0.2, 0) is 11.3 Å². The van der Waals surface area contributed by atoms with Gasteiger partial charge in [-0.3, -0.25) is 9.59 Å². The minimum absolute atomic E-state index is 0.0900. The average molecular weight is 612 g/mol. The van der Waals surface area contributed by atoms with Crippen molar-refractivity contribution in [3.63, 3.8) is 0 Å². The van der Waals surface area contributed by atoms with Crippen LogP contribution in [0.25, 0.3) is 11.1 Å². The summed E-state index contributed by atoms with van der Waals surface area (Å²) in [7, 11) is 0. The minimum Gasteiger partial charge on any atom is -0.383 e. The van der Waals surface area contributed by atoms with E-state index in [0.717, 1.165) is 54.8 Å². The largest absolute Gasteiger partial charge is 0.383 e. The Bertz CT molecular complexity index is 1490. The zero-order chi connectivity index (χ0) is 31.9. The summed E-state index contributed by atoms with van der Waals surface area (Å²) in [5.74, 6) is -0.401. The van der Waals surface area contributed by atoms with E-state index in [1.807, 2.05) is 30.0 Å². The van der Waals surface area contributed by atoms with Gasteiger partial charge in [-0.25, -0.2) is 4.98 Å². The van der Waals surface area contributed by atoms with Gasteiger partial charge in [0.15, 0.2) is 0 Å². The molecule has 4 N–H and O–H groups in total. The number of piperidine rings is 1. The van der Waals surface area contributed by atoms with Crippen LogP contribution in [0, 0.1) is 20.8 Å². The lowest BCUT2D eigenvalue weighted by molar-refractivity contribution is 0.0456. The zero-order valence-electron chi connectivity index (χ0n) is 27.2. The fourth-order valence-electron chi connectivity index (χ4n) is 6.79. The van der Waals surface area contributed by atoms with Gasteiger partial charge in [0.2, 0.25) is 0 Å². The number of hydrogen-bond donors (Lipinski definition) is 2. The van der Waals surface area contributed by atoms with Gasteiger partial charge in [-0.1, -0.05) is 43.2 Å². The number of nitrogens with zero attached hydrogens (tertiary/aromatic N) is 3. The lowest BCUT2D eigenvalue weighted by Gasteiger charge is -2.36. The molecule has 2 aliphatic heterocycles. The van der Waals surface area contributed by atoms with Crippen molar-refractivity contribution in [3.8, 4) is 11.1 Å². The van der Waals surface area contributed by atoms with Crippen LogP contribution in [-0.4, -0.2) is 64.9 Å². The molecule has 8 heteroatoms. The van der Waals surface area contributed by atoms with Crippen LogP contribution in [0.4, 0.5) is 5.82 Å². The van der Waals surface area contributed by atoms with Crippen LogP contribution in [0.5, 0.6) is 0 Å². The number of primary amides is 1. The van der Waals surface area contributed by atoms with Crippen LogP contribution >= 0.6 is 0 Å². The van der Waals surface area contributed by atoms with Crippen molar-refractivity contribution in [2.75, 3.05) is 31.9 Å². The Morgan fingerprint density at radius 1 is 0.800 bits per heavy atom. The number of nitrogen functional groups attached to an aromatic ring is 1. The van der Waals surface area contributed by atoms with E-state index in [4.69, 9.17) is 16.2 Å². The van der Waals surface area contributed by atoms with Crippen LogP contribution in [0.1, 0.15) is 94.3 Å². The van der Waals surface area contributed by atoms with Crippen molar-refractivity contribution in [1.82, 2.24) is 14.8 Å². The van der Waals surface area contributed by atoms with Crippen molar-refractivity contribution < 1.29 is 14.3 Å². The number of aryl methyl sites for hydroxylation is 3. The number of pyridine rings is 1. The number of likely N-dealkylation sites (tertiary alicyclic amines) is 2. The highest BCUT2D eigenvalue weighted by Gasteiger charge is 2.29. The summed E-state index contributed by atoms with van der Waals surface area (Å²) < 4.78 is 5.88.